The monoisotopic (exact) mass is 353 g/mol. The minimum Gasteiger partial charge on any atom is -0.349 e. The zero-order valence-electron chi connectivity index (χ0n) is 12.7. The van der Waals surface area contributed by atoms with Crippen LogP contribution in [0.4, 0.5) is 0 Å². The van der Waals surface area contributed by atoms with Gasteiger partial charge in [-0.3, -0.25) is 9.78 Å². The van der Waals surface area contributed by atoms with Gasteiger partial charge in [0.25, 0.3) is 0 Å². The highest BCUT2D eigenvalue weighted by Crippen LogP contribution is 2.16. The molecule has 3 N–H and O–H groups in total. The van der Waals surface area contributed by atoms with Crippen LogP contribution in [0.25, 0.3) is 0 Å². The SMILES string of the molecule is CC(C)C(C)(CN)NC(=O)CSCc1ccccn1.Cl.Cl. The molecule has 1 heterocycles. The first-order chi connectivity index (χ1) is 8.98. The third kappa shape index (κ3) is 7.90. The van der Waals surface area contributed by atoms with Crippen molar-refractivity contribution in [2.24, 2.45) is 11.7 Å². The Kier molecular flexibility index (Phi) is 12.1. The van der Waals surface area contributed by atoms with Crippen molar-refractivity contribution in [3.63, 3.8) is 0 Å². The van der Waals surface area contributed by atoms with Gasteiger partial charge in [0.2, 0.25) is 5.91 Å². The van der Waals surface area contributed by atoms with Gasteiger partial charge in [0, 0.05) is 18.5 Å². The topological polar surface area (TPSA) is 68.0 Å². The molecule has 21 heavy (non-hydrogen) atoms. The lowest BCUT2D eigenvalue weighted by molar-refractivity contribution is -0.120. The number of hydrogen-bond donors (Lipinski definition) is 2. The molecule has 1 aromatic rings. The van der Waals surface area contributed by atoms with E-state index in [0.29, 0.717) is 18.2 Å². The van der Waals surface area contributed by atoms with Gasteiger partial charge < -0.3 is 11.1 Å². The minimum absolute atomic E-state index is 0. The fourth-order valence-electron chi connectivity index (χ4n) is 1.52. The molecule has 0 aliphatic carbocycles. The summed E-state index contributed by atoms with van der Waals surface area (Å²) in [5, 5.41) is 3.02. The molecular formula is C14H25Cl2N3OS. The maximum absolute atomic E-state index is 11.9. The summed E-state index contributed by atoms with van der Waals surface area (Å²) in [4.78, 5) is 16.1. The number of amides is 1. The Morgan fingerprint density at radius 2 is 2.10 bits per heavy atom. The number of nitrogens with one attached hydrogen (secondary N) is 1. The van der Waals surface area contributed by atoms with E-state index in [4.69, 9.17) is 5.73 Å². The normalized spacial score (nSPS) is 12.8. The van der Waals surface area contributed by atoms with Crippen molar-refractivity contribution in [3.05, 3.63) is 30.1 Å². The molecule has 122 valence electrons. The predicted molar refractivity (Wildman–Crippen MR) is 95.3 cm³/mol. The number of thioether (sulfide) groups is 1. The highest BCUT2D eigenvalue weighted by molar-refractivity contribution is 7.99. The third-order valence-electron chi connectivity index (χ3n) is 3.33. The summed E-state index contributed by atoms with van der Waals surface area (Å²) in [6.07, 6.45) is 1.76. The molecule has 0 saturated carbocycles. The van der Waals surface area contributed by atoms with Crippen molar-refractivity contribution in [1.29, 1.82) is 0 Å². The van der Waals surface area contributed by atoms with Crippen LogP contribution >= 0.6 is 36.6 Å². The average molecular weight is 354 g/mol. The largest absolute Gasteiger partial charge is 0.349 e. The van der Waals surface area contributed by atoms with Crippen molar-refractivity contribution < 1.29 is 4.79 Å². The van der Waals surface area contributed by atoms with Crippen molar-refractivity contribution >= 4 is 42.5 Å². The minimum atomic E-state index is -0.331. The molecule has 0 fully saturated rings. The Hall–Kier alpha value is -0.490. The van der Waals surface area contributed by atoms with Crippen LogP contribution in [-0.4, -0.2) is 28.7 Å². The number of rotatable bonds is 7. The number of nitrogens with two attached hydrogens (primary N) is 1. The molecule has 4 nitrogen and oxygen atoms in total. The zero-order chi connectivity index (χ0) is 14.3. The molecule has 0 radical (unpaired) electrons. The Labute approximate surface area is 143 Å². The second-order valence-corrected chi connectivity index (χ2v) is 6.12. The van der Waals surface area contributed by atoms with Gasteiger partial charge in [-0.25, -0.2) is 0 Å². The molecule has 0 aliphatic rings. The highest BCUT2D eigenvalue weighted by atomic mass is 35.5. The van der Waals surface area contributed by atoms with Crippen LogP contribution in [-0.2, 0) is 10.5 Å². The molecule has 0 spiro atoms. The fourth-order valence-corrected chi connectivity index (χ4v) is 2.26. The van der Waals surface area contributed by atoms with Gasteiger partial charge in [-0.15, -0.1) is 36.6 Å². The number of hydrogen-bond acceptors (Lipinski definition) is 4. The summed E-state index contributed by atoms with van der Waals surface area (Å²) >= 11 is 1.56. The van der Waals surface area contributed by atoms with Gasteiger partial charge >= 0.3 is 0 Å². The maximum Gasteiger partial charge on any atom is 0.230 e. The molecule has 7 heteroatoms. The van der Waals surface area contributed by atoms with E-state index in [1.54, 1.807) is 18.0 Å². The molecule has 0 aromatic carbocycles. The van der Waals surface area contributed by atoms with Gasteiger partial charge in [-0.05, 0) is 25.0 Å². The summed E-state index contributed by atoms with van der Waals surface area (Å²) in [6.45, 7) is 6.56. The van der Waals surface area contributed by atoms with Gasteiger partial charge in [0.05, 0.1) is 17.0 Å². The van der Waals surface area contributed by atoms with Crippen LogP contribution < -0.4 is 11.1 Å². The predicted octanol–water partition coefficient (Wildman–Crippen LogP) is 2.65. The molecular weight excluding hydrogens is 329 g/mol. The van der Waals surface area contributed by atoms with E-state index in [9.17, 15) is 4.79 Å². The zero-order valence-corrected chi connectivity index (χ0v) is 15.1. The van der Waals surface area contributed by atoms with Gasteiger partial charge in [-0.1, -0.05) is 19.9 Å². The fraction of sp³-hybridized carbons (Fsp3) is 0.571. The van der Waals surface area contributed by atoms with E-state index in [1.807, 2.05) is 25.1 Å². The number of pyridine rings is 1. The van der Waals surface area contributed by atoms with Crippen LogP contribution in [0.2, 0.25) is 0 Å². The van der Waals surface area contributed by atoms with Crippen LogP contribution in [0.1, 0.15) is 26.5 Å². The summed E-state index contributed by atoms with van der Waals surface area (Å²) < 4.78 is 0. The smallest absolute Gasteiger partial charge is 0.230 e. The lowest BCUT2D eigenvalue weighted by Gasteiger charge is -2.33. The van der Waals surface area contributed by atoms with Crippen molar-refractivity contribution in [2.45, 2.75) is 32.1 Å². The summed E-state index contributed by atoms with van der Waals surface area (Å²) in [5.41, 5.74) is 6.41. The molecule has 0 bridgehead atoms. The number of nitrogens with zero attached hydrogens (tertiary/aromatic N) is 1. The standard InChI is InChI=1S/C14H23N3OS.2ClH/c1-11(2)14(3,10-15)17-13(18)9-19-8-12-6-4-5-7-16-12;;/h4-7,11H,8-10,15H2,1-3H3,(H,17,18);2*1H. The van der Waals surface area contributed by atoms with Gasteiger partial charge in [0.1, 0.15) is 0 Å². The molecule has 1 amide bonds. The summed E-state index contributed by atoms with van der Waals surface area (Å²) in [6, 6.07) is 5.80. The van der Waals surface area contributed by atoms with Crippen LogP contribution in [0.15, 0.2) is 24.4 Å². The first kappa shape index (κ1) is 22.8. The summed E-state index contributed by atoms with van der Waals surface area (Å²) in [5.74, 6) is 1.51. The summed E-state index contributed by atoms with van der Waals surface area (Å²) in [7, 11) is 0. The average Bonchev–Trinajstić information content (AvgIpc) is 2.39. The lowest BCUT2D eigenvalue weighted by Crippen LogP contribution is -2.55. The second-order valence-electron chi connectivity index (χ2n) is 5.14. The molecule has 0 saturated heterocycles. The molecule has 1 atom stereocenters. The molecule has 0 aliphatic heterocycles. The third-order valence-corrected chi connectivity index (χ3v) is 4.30. The Bertz CT molecular complexity index is 406. The van der Waals surface area contributed by atoms with Crippen LogP contribution in [0.3, 0.4) is 0 Å². The molecule has 1 aromatic heterocycles. The van der Waals surface area contributed by atoms with Crippen LogP contribution in [0, 0.1) is 5.92 Å². The van der Waals surface area contributed by atoms with Crippen molar-refractivity contribution in [2.75, 3.05) is 12.3 Å². The first-order valence-corrected chi connectivity index (χ1v) is 7.62. The van der Waals surface area contributed by atoms with Crippen molar-refractivity contribution in [1.82, 2.24) is 10.3 Å². The Balaban J connectivity index is 0. The Morgan fingerprint density at radius 1 is 1.43 bits per heavy atom. The molecule has 1 unspecified atom stereocenters. The molecule has 1 rings (SSSR count). The number of halogens is 2. The lowest BCUT2D eigenvalue weighted by atomic mass is 9.88. The van der Waals surface area contributed by atoms with E-state index in [-0.39, 0.29) is 36.3 Å². The Morgan fingerprint density at radius 3 is 2.57 bits per heavy atom. The number of carbonyl (C=O) groups is 1. The van der Waals surface area contributed by atoms with Gasteiger partial charge in [-0.2, -0.15) is 0 Å². The van der Waals surface area contributed by atoms with E-state index in [1.165, 1.54) is 0 Å². The first-order valence-electron chi connectivity index (χ1n) is 6.46. The van der Waals surface area contributed by atoms with Crippen LogP contribution in [0.5, 0.6) is 0 Å². The quantitative estimate of drug-likeness (QED) is 0.790. The highest BCUT2D eigenvalue weighted by Gasteiger charge is 2.28. The van der Waals surface area contributed by atoms with E-state index >= 15 is 0 Å². The maximum atomic E-state index is 11.9. The van der Waals surface area contributed by atoms with E-state index in [0.717, 1.165) is 11.4 Å². The van der Waals surface area contributed by atoms with E-state index in [2.05, 4.69) is 24.1 Å². The number of carbonyl (C=O) groups excluding carboxylic acids is 1. The second kappa shape index (κ2) is 11.1. The van der Waals surface area contributed by atoms with E-state index < -0.39 is 0 Å². The van der Waals surface area contributed by atoms with Crippen molar-refractivity contribution in [3.8, 4) is 0 Å². The van der Waals surface area contributed by atoms with Gasteiger partial charge in [0.15, 0.2) is 0 Å². The number of aromatic nitrogens is 1.